The largest absolute Gasteiger partial charge is 0.481 e. The topological polar surface area (TPSA) is 90.2 Å². The number of aliphatic carboxylic acids is 1. The second kappa shape index (κ2) is 9.03. The molecule has 0 radical (unpaired) electrons. The number of nitriles is 1. The van der Waals surface area contributed by atoms with Gasteiger partial charge in [-0.15, -0.1) is 11.8 Å². The van der Waals surface area contributed by atoms with E-state index in [9.17, 15) is 9.59 Å². The summed E-state index contributed by atoms with van der Waals surface area (Å²) in [5.41, 5.74) is 0.476. The van der Waals surface area contributed by atoms with Gasteiger partial charge in [0.2, 0.25) is 0 Å². The second-order valence-electron chi connectivity index (χ2n) is 4.50. The molecule has 0 saturated heterocycles. The predicted molar refractivity (Wildman–Crippen MR) is 81.2 cm³/mol. The van der Waals surface area contributed by atoms with Crippen molar-refractivity contribution in [1.29, 1.82) is 5.26 Å². The van der Waals surface area contributed by atoms with E-state index in [0.717, 1.165) is 11.3 Å². The van der Waals surface area contributed by atoms with Crippen LogP contribution < -0.4 is 5.32 Å². The number of hydrogen-bond acceptors (Lipinski definition) is 4. The number of carbonyl (C=O) groups excluding carboxylic acids is 1. The van der Waals surface area contributed by atoms with Crippen molar-refractivity contribution in [2.24, 2.45) is 0 Å². The summed E-state index contributed by atoms with van der Waals surface area (Å²) in [6.45, 7) is 1.94. The molecular formula is C15H18N2O3S. The van der Waals surface area contributed by atoms with E-state index in [-0.39, 0.29) is 24.1 Å². The maximum Gasteiger partial charge on any atom is 0.305 e. The molecule has 0 aliphatic rings. The van der Waals surface area contributed by atoms with E-state index in [2.05, 4.69) is 5.32 Å². The Morgan fingerprint density at radius 2 is 2.14 bits per heavy atom. The van der Waals surface area contributed by atoms with Crippen molar-refractivity contribution in [1.82, 2.24) is 5.32 Å². The molecule has 1 aromatic carbocycles. The summed E-state index contributed by atoms with van der Waals surface area (Å²) in [6, 6.07) is 8.65. The van der Waals surface area contributed by atoms with Crippen LogP contribution >= 0.6 is 11.8 Å². The van der Waals surface area contributed by atoms with Crippen molar-refractivity contribution in [3.05, 3.63) is 29.8 Å². The highest BCUT2D eigenvalue weighted by Crippen LogP contribution is 2.22. The van der Waals surface area contributed by atoms with Gasteiger partial charge in [-0.05, 0) is 18.6 Å². The Hall–Kier alpha value is -2.00. The minimum Gasteiger partial charge on any atom is -0.481 e. The average Bonchev–Trinajstić information content (AvgIpc) is 2.45. The molecule has 0 aliphatic heterocycles. The van der Waals surface area contributed by atoms with E-state index < -0.39 is 5.97 Å². The molecule has 6 heteroatoms. The minimum atomic E-state index is -0.930. The lowest BCUT2D eigenvalue weighted by molar-refractivity contribution is -0.137. The molecule has 112 valence electrons. The van der Waals surface area contributed by atoms with Crippen LogP contribution in [0.2, 0.25) is 0 Å². The number of rotatable bonds is 8. The van der Waals surface area contributed by atoms with Crippen LogP contribution in [0.15, 0.2) is 29.2 Å². The highest BCUT2D eigenvalue weighted by Gasteiger charge is 2.18. The molecule has 21 heavy (non-hydrogen) atoms. The van der Waals surface area contributed by atoms with Crippen molar-refractivity contribution in [3.63, 3.8) is 0 Å². The van der Waals surface area contributed by atoms with Gasteiger partial charge in [0.05, 0.1) is 23.8 Å². The first-order valence-corrected chi connectivity index (χ1v) is 7.68. The van der Waals surface area contributed by atoms with Crippen molar-refractivity contribution < 1.29 is 14.7 Å². The molecule has 1 atom stereocenters. The molecule has 0 heterocycles. The molecule has 1 aromatic rings. The van der Waals surface area contributed by atoms with Crippen LogP contribution in [0.25, 0.3) is 0 Å². The number of amides is 1. The Balaban J connectivity index is 2.82. The molecular weight excluding hydrogens is 288 g/mol. The monoisotopic (exact) mass is 306 g/mol. The van der Waals surface area contributed by atoms with Crippen LogP contribution in [0.1, 0.15) is 36.5 Å². The summed E-state index contributed by atoms with van der Waals surface area (Å²) in [7, 11) is 0. The van der Waals surface area contributed by atoms with Gasteiger partial charge in [-0.3, -0.25) is 9.59 Å². The molecule has 1 rings (SSSR count). The van der Waals surface area contributed by atoms with E-state index >= 15 is 0 Å². The van der Waals surface area contributed by atoms with Gasteiger partial charge < -0.3 is 10.4 Å². The van der Waals surface area contributed by atoms with E-state index in [1.54, 1.807) is 24.3 Å². The Morgan fingerprint density at radius 1 is 1.43 bits per heavy atom. The van der Waals surface area contributed by atoms with Gasteiger partial charge in [-0.25, -0.2) is 0 Å². The molecule has 1 amide bonds. The zero-order chi connectivity index (χ0) is 15.7. The Labute approximate surface area is 128 Å². The third kappa shape index (κ3) is 5.88. The van der Waals surface area contributed by atoms with Gasteiger partial charge in [-0.1, -0.05) is 25.5 Å². The van der Waals surface area contributed by atoms with Gasteiger partial charge in [0.1, 0.15) is 0 Å². The molecule has 0 spiro atoms. The molecule has 5 nitrogen and oxygen atoms in total. The van der Waals surface area contributed by atoms with Crippen molar-refractivity contribution in [3.8, 4) is 6.07 Å². The molecule has 0 aliphatic carbocycles. The first-order chi connectivity index (χ1) is 10.1. The molecule has 0 aromatic heterocycles. The van der Waals surface area contributed by atoms with E-state index in [0.29, 0.717) is 12.0 Å². The number of carbonyl (C=O) groups is 2. The third-order valence-corrected chi connectivity index (χ3v) is 3.76. The molecule has 0 bridgehead atoms. The lowest BCUT2D eigenvalue weighted by Crippen LogP contribution is -2.36. The fraction of sp³-hybridized carbons (Fsp3) is 0.400. The van der Waals surface area contributed by atoms with E-state index in [4.69, 9.17) is 10.4 Å². The van der Waals surface area contributed by atoms with Crippen molar-refractivity contribution >= 4 is 23.6 Å². The fourth-order valence-electron chi connectivity index (χ4n) is 1.94. The average molecular weight is 306 g/mol. The summed E-state index contributed by atoms with van der Waals surface area (Å²) in [5.74, 6) is -0.964. The number of benzene rings is 1. The molecule has 0 fully saturated rings. The first kappa shape index (κ1) is 17.1. The van der Waals surface area contributed by atoms with Crippen molar-refractivity contribution in [2.75, 3.05) is 5.75 Å². The number of carboxylic acids is 1. The van der Waals surface area contributed by atoms with Gasteiger partial charge in [0, 0.05) is 10.9 Å². The summed E-state index contributed by atoms with van der Waals surface area (Å²) >= 11 is 1.29. The zero-order valence-electron chi connectivity index (χ0n) is 11.8. The normalized spacial score (nSPS) is 11.4. The Bertz CT molecular complexity index is 540. The quantitative estimate of drug-likeness (QED) is 0.721. The van der Waals surface area contributed by atoms with Crippen LogP contribution in [0.4, 0.5) is 0 Å². The summed E-state index contributed by atoms with van der Waals surface area (Å²) in [5, 5.41) is 20.3. The number of thioether (sulfide) groups is 1. The maximum atomic E-state index is 12.3. The summed E-state index contributed by atoms with van der Waals surface area (Å²) in [4.78, 5) is 23.8. The Morgan fingerprint density at radius 3 is 2.76 bits per heavy atom. The van der Waals surface area contributed by atoms with Crippen molar-refractivity contribution in [2.45, 2.75) is 37.1 Å². The van der Waals surface area contributed by atoms with Gasteiger partial charge >= 0.3 is 5.97 Å². The van der Waals surface area contributed by atoms with Gasteiger partial charge in [0.15, 0.2) is 0 Å². The number of carboxylic acid groups (broad SMARTS) is 1. The van der Waals surface area contributed by atoms with Gasteiger partial charge in [-0.2, -0.15) is 5.26 Å². The lowest BCUT2D eigenvalue weighted by atomic mass is 10.1. The van der Waals surface area contributed by atoms with Crippen LogP contribution in [0.3, 0.4) is 0 Å². The molecule has 2 N–H and O–H groups in total. The van der Waals surface area contributed by atoms with E-state index in [1.807, 2.05) is 13.0 Å². The fourth-order valence-corrected chi connectivity index (χ4v) is 2.65. The van der Waals surface area contributed by atoms with Crippen LogP contribution in [-0.2, 0) is 4.79 Å². The number of nitrogens with one attached hydrogen (secondary N) is 1. The SMILES string of the molecule is CCCC(CC(=O)O)NC(=O)c1ccccc1SCC#N. The van der Waals surface area contributed by atoms with Crippen LogP contribution in [0.5, 0.6) is 0 Å². The van der Waals surface area contributed by atoms with Crippen LogP contribution in [-0.4, -0.2) is 28.8 Å². The summed E-state index contributed by atoms with van der Waals surface area (Å²) in [6.07, 6.45) is 1.32. The maximum absolute atomic E-state index is 12.3. The highest BCUT2D eigenvalue weighted by molar-refractivity contribution is 7.99. The standard InChI is InChI=1S/C15H18N2O3S/c1-2-5-11(10-14(18)19)17-15(20)12-6-3-4-7-13(12)21-9-8-16/h3-4,6-7,11H,2,5,9-10H2,1H3,(H,17,20)(H,18,19). The first-order valence-electron chi connectivity index (χ1n) is 6.69. The van der Waals surface area contributed by atoms with E-state index in [1.165, 1.54) is 11.8 Å². The second-order valence-corrected chi connectivity index (χ2v) is 5.52. The predicted octanol–water partition coefficient (Wildman–Crippen LogP) is 2.68. The lowest BCUT2D eigenvalue weighted by Gasteiger charge is -2.17. The number of nitrogens with zero attached hydrogens (tertiary/aromatic N) is 1. The highest BCUT2D eigenvalue weighted by atomic mass is 32.2. The summed E-state index contributed by atoms with van der Waals surface area (Å²) < 4.78 is 0. The smallest absolute Gasteiger partial charge is 0.305 e. The number of hydrogen-bond donors (Lipinski definition) is 2. The zero-order valence-corrected chi connectivity index (χ0v) is 12.7. The van der Waals surface area contributed by atoms with Gasteiger partial charge in [0.25, 0.3) is 5.91 Å². The minimum absolute atomic E-state index is 0.0902. The third-order valence-electron chi connectivity index (χ3n) is 2.82. The Kier molecular flexibility index (Phi) is 7.33. The molecule has 1 unspecified atom stereocenters. The van der Waals surface area contributed by atoms with Crippen LogP contribution in [0, 0.1) is 11.3 Å². The molecule has 0 saturated carbocycles.